The number of amides is 1. The van der Waals surface area contributed by atoms with E-state index in [4.69, 9.17) is 4.74 Å². The van der Waals surface area contributed by atoms with Gasteiger partial charge in [-0.3, -0.25) is 4.79 Å². The number of hydrogen-bond acceptors (Lipinski definition) is 3. The van der Waals surface area contributed by atoms with Gasteiger partial charge in [-0.15, -0.1) is 0 Å². The van der Waals surface area contributed by atoms with Crippen molar-refractivity contribution in [2.75, 3.05) is 12.4 Å². The van der Waals surface area contributed by atoms with Gasteiger partial charge in [0.2, 0.25) is 5.91 Å². The molecule has 3 aromatic carbocycles. The topological polar surface area (TPSA) is 58.6 Å². The zero-order valence-electron chi connectivity index (χ0n) is 13.5. The molecule has 1 atom stereocenters. The summed E-state index contributed by atoms with van der Waals surface area (Å²) >= 11 is 3.65. The molecule has 0 spiro atoms. The Kier molecular flexibility index (Phi) is 3.88. The lowest BCUT2D eigenvalue weighted by Gasteiger charge is -2.28. The molecule has 0 bridgehead atoms. The average Bonchev–Trinajstić information content (AvgIpc) is 2.63. The van der Waals surface area contributed by atoms with Gasteiger partial charge in [0.25, 0.3) is 0 Å². The maximum atomic E-state index is 12.4. The van der Waals surface area contributed by atoms with Crippen LogP contribution in [0.15, 0.2) is 53.0 Å². The predicted molar refractivity (Wildman–Crippen MR) is 101 cm³/mol. The quantitative estimate of drug-likeness (QED) is 0.653. The highest BCUT2D eigenvalue weighted by molar-refractivity contribution is 9.10. The second-order valence-electron chi connectivity index (χ2n) is 6.10. The van der Waals surface area contributed by atoms with Gasteiger partial charge in [0.05, 0.1) is 12.8 Å². The summed E-state index contributed by atoms with van der Waals surface area (Å²) < 4.78 is 6.22. The summed E-state index contributed by atoms with van der Waals surface area (Å²) in [4.78, 5) is 12.4. The van der Waals surface area contributed by atoms with Crippen molar-refractivity contribution in [1.82, 2.24) is 0 Å². The van der Waals surface area contributed by atoms with E-state index in [9.17, 15) is 9.90 Å². The molecule has 1 aliphatic heterocycles. The van der Waals surface area contributed by atoms with E-state index < -0.39 is 0 Å². The van der Waals surface area contributed by atoms with Crippen LogP contribution in [0.4, 0.5) is 5.69 Å². The molecule has 25 heavy (non-hydrogen) atoms. The molecular formula is C20H16BrNO3. The number of phenolic OH excluding ortho intramolecular Hbond substituents is 1. The third-order valence-electron chi connectivity index (χ3n) is 4.66. The van der Waals surface area contributed by atoms with Crippen LogP contribution in [0.1, 0.15) is 23.5 Å². The monoisotopic (exact) mass is 397 g/mol. The first-order chi connectivity index (χ1) is 12.1. The number of halogens is 1. The highest BCUT2D eigenvalue weighted by Crippen LogP contribution is 2.44. The number of carbonyl (C=O) groups is 1. The number of ether oxygens (including phenoxy) is 1. The number of carbonyl (C=O) groups excluding carboxylic acids is 1. The summed E-state index contributed by atoms with van der Waals surface area (Å²) in [5.74, 6) is 0.382. The minimum Gasteiger partial charge on any atom is -0.504 e. The van der Waals surface area contributed by atoms with Gasteiger partial charge in [0.1, 0.15) is 0 Å². The molecule has 1 aliphatic rings. The van der Waals surface area contributed by atoms with Gasteiger partial charge in [0, 0.05) is 22.2 Å². The number of benzene rings is 3. The maximum Gasteiger partial charge on any atom is 0.225 e. The predicted octanol–water partition coefficient (Wildman–Crippen LogP) is 4.79. The fourth-order valence-electron chi connectivity index (χ4n) is 3.46. The van der Waals surface area contributed by atoms with Crippen LogP contribution in [0.2, 0.25) is 0 Å². The molecule has 126 valence electrons. The highest BCUT2D eigenvalue weighted by Gasteiger charge is 2.29. The van der Waals surface area contributed by atoms with Crippen LogP contribution < -0.4 is 10.1 Å². The second kappa shape index (κ2) is 6.08. The number of rotatable bonds is 2. The molecule has 0 saturated carbocycles. The molecule has 0 aliphatic carbocycles. The van der Waals surface area contributed by atoms with Crippen molar-refractivity contribution in [3.8, 4) is 11.5 Å². The zero-order valence-corrected chi connectivity index (χ0v) is 15.1. The van der Waals surface area contributed by atoms with E-state index in [1.54, 1.807) is 12.1 Å². The number of hydrogen-bond donors (Lipinski definition) is 2. The Labute approximate surface area is 153 Å². The molecule has 4 nitrogen and oxygen atoms in total. The van der Waals surface area contributed by atoms with Crippen LogP contribution in [0.25, 0.3) is 10.8 Å². The minimum absolute atomic E-state index is 0.0167. The molecule has 1 heterocycles. The average molecular weight is 398 g/mol. The molecule has 3 aromatic rings. The molecule has 0 saturated heterocycles. The molecule has 0 aromatic heterocycles. The van der Waals surface area contributed by atoms with Crippen molar-refractivity contribution < 1.29 is 14.6 Å². The smallest absolute Gasteiger partial charge is 0.225 e. The van der Waals surface area contributed by atoms with Crippen molar-refractivity contribution in [3.05, 3.63) is 64.1 Å². The largest absolute Gasteiger partial charge is 0.504 e. The Morgan fingerprint density at radius 3 is 2.68 bits per heavy atom. The number of anilines is 1. The third-order valence-corrected chi connectivity index (χ3v) is 5.32. The summed E-state index contributed by atoms with van der Waals surface area (Å²) in [5.41, 5.74) is 2.85. The first-order valence-corrected chi connectivity index (χ1v) is 8.75. The number of fused-ring (bicyclic) bond motifs is 3. The molecule has 0 radical (unpaired) electrons. The van der Waals surface area contributed by atoms with Gasteiger partial charge >= 0.3 is 0 Å². The molecule has 4 rings (SSSR count). The van der Waals surface area contributed by atoms with Gasteiger partial charge in [-0.1, -0.05) is 46.3 Å². The van der Waals surface area contributed by atoms with Crippen molar-refractivity contribution in [2.24, 2.45) is 0 Å². The van der Waals surface area contributed by atoms with Crippen molar-refractivity contribution >= 4 is 38.3 Å². The maximum absolute atomic E-state index is 12.4. The summed E-state index contributed by atoms with van der Waals surface area (Å²) in [6.45, 7) is 0. The van der Waals surface area contributed by atoms with Crippen LogP contribution in [0, 0.1) is 0 Å². The van der Waals surface area contributed by atoms with Crippen LogP contribution in [0.5, 0.6) is 11.5 Å². The first-order valence-electron chi connectivity index (χ1n) is 7.96. The highest BCUT2D eigenvalue weighted by atomic mass is 79.9. The van der Waals surface area contributed by atoms with Crippen molar-refractivity contribution in [1.29, 1.82) is 0 Å². The van der Waals surface area contributed by atoms with E-state index >= 15 is 0 Å². The SMILES string of the molecule is COc1cc(C2CC(=O)Nc3c2cc(Br)c2ccccc32)ccc1O. The fraction of sp³-hybridized carbons (Fsp3) is 0.150. The molecule has 5 heteroatoms. The van der Waals surface area contributed by atoms with E-state index in [1.807, 2.05) is 30.3 Å². The van der Waals surface area contributed by atoms with Gasteiger partial charge in [0.15, 0.2) is 11.5 Å². The summed E-state index contributed by atoms with van der Waals surface area (Å²) in [6, 6.07) is 15.3. The molecule has 2 N–H and O–H groups in total. The lowest BCUT2D eigenvalue weighted by atomic mass is 9.83. The number of aromatic hydroxyl groups is 1. The summed E-state index contributed by atoms with van der Waals surface area (Å²) in [5, 5.41) is 15.0. The van der Waals surface area contributed by atoms with Crippen LogP contribution in [-0.2, 0) is 4.79 Å². The van der Waals surface area contributed by atoms with E-state index in [2.05, 4.69) is 27.3 Å². The van der Waals surface area contributed by atoms with Crippen LogP contribution in [-0.4, -0.2) is 18.1 Å². The van der Waals surface area contributed by atoms with E-state index in [-0.39, 0.29) is 17.6 Å². The Morgan fingerprint density at radius 1 is 1.16 bits per heavy atom. The number of nitrogens with one attached hydrogen (secondary N) is 1. The Morgan fingerprint density at radius 2 is 1.92 bits per heavy atom. The van der Waals surface area contributed by atoms with Crippen LogP contribution >= 0.6 is 15.9 Å². The molecule has 1 unspecified atom stereocenters. The lowest BCUT2D eigenvalue weighted by Crippen LogP contribution is -2.23. The van der Waals surface area contributed by atoms with Gasteiger partial charge in [-0.25, -0.2) is 0 Å². The Hall–Kier alpha value is -2.53. The van der Waals surface area contributed by atoms with E-state index in [0.29, 0.717) is 12.2 Å². The normalized spacial score (nSPS) is 16.4. The fourth-order valence-corrected chi connectivity index (χ4v) is 4.05. The zero-order chi connectivity index (χ0) is 17.6. The molecule has 1 amide bonds. The van der Waals surface area contributed by atoms with Gasteiger partial charge in [-0.2, -0.15) is 0 Å². The van der Waals surface area contributed by atoms with Crippen LogP contribution in [0.3, 0.4) is 0 Å². The standard InChI is InChI=1S/C20H16BrNO3/c1-25-18-8-11(6-7-17(18)23)14-10-19(24)22-20-13-5-3-2-4-12(13)16(21)9-15(14)20/h2-9,14,23H,10H2,1H3,(H,22,24). The summed E-state index contributed by atoms with van der Waals surface area (Å²) in [6.07, 6.45) is 0.353. The lowest BCUT2D eigenvalue weighted by molar-refractivity contribution is -0.116. The van der Waals surface area contributed by atoms with Crippen molar-refractivity contribution in [2.45, 2.75) is 12.3 Å². The Bertz CT molecular complexity index is 1000. The Balaban J connectivity index is 1.94. The first kappa shape index (κ1) is 16.0. The van der Waals surface area contributed by atoms with Crippen molar-refractivity contribution in [3.63, 3.8) is 0 Å². The molecule has 0 fully saturated rings. The minimum atomic E-state index is -0.0980. The third kappa shape index (κ3) is 2.65. The van der Waals surface area contributed by atoms with E-state index in [0.717, 1.165) is 32.1 Å². The number of methoxy groups -OCH3 is 1. The van der Waals surface area contributed by atoms with Gasteiger partial charge in [-0.05, 0) is 34.7 Å². The van der Waals surface area contributed by atoms with E-state index in [1.165, 1.54) is 7.11 Å². The molecular weight excluding hydrogens is 382 g/mol. The van der Waals surface area contributed by atoms with Gasteiger partial charge < -0.3 is 15.2 Å². The number of phenols is 1. The summed E-state index contributed by atoms with van der Waals surface area (Å²) in [7, 11) is 1.52. The second-order valence-corrected chi connectivity index (χ2v) is 6.96.